The quantitative estimate of drug-likeness (QED) is 0.530. The maximum atomic E-state index is 12.9. The van der Waals surface area contributed by atoms with Crippen LogP contribution in [0.3, 0.4) is 0 Å². The van der Waals surface area contributed by atoms with Crippen LogP contribution < -0.4 is 10.6 Å². The van der Waals surface area contributed by atoms with Crippen LogP contribution in [-0.4, -0.2) is 33.1 Å². The summed E-state index contributed by atoms with van der Waals surface area (Å²) < 4.78 is 12.9. The molecule has 28 heavy (non-hydrogen) atoms. The smallest absolute Gasteiger partial charge is 0.240 e. The van der Waals surface area contributed by atoms with Gasteiger partial charge in [0.1, 0.15) is 16.8 Å². The molecule has 1 atom stereocenters. The van der Waals surface area contributed by atoms with Crippen molar-refractivity contribution in [3.8, 4) is 5.75 Å². The number of anilines is 1. The molecular weight excluding hydrogens is 383 g/mol. The second-order valence-corrected chi connectivity index (χ2v) is 7.18. The van der Waals surface area contributed by atoms with Gasteiger partial charge in [0.05, 0.1) is 5.71 Å². The largest absolute Gasteiger partial charge is 0.508 e. The Balaban J connectivity index is 1.58. The van der Waals surface area contributed by atoms with E-state index in [0.29, 0.717) is 16.6 Å². The number of rotatable bonds is 5. The highest BCUT2D eigenvalue weighted by Gasteiger charge is 2.32. The lowest BCUT2D eigenvalue weighted by Crippen LogP contribution is -2.28. The molecule has 1 fully saturated rings. The fourth-order valence-electron chi connectivity index (χ4n) is 2.38. The molecular formula is C19H17FN4O3S. The van der Waals surface area contributed by atoms with Crippen molar-refractivity contribution in [1.82, 2.24) is 5.32 Å². The Kier molecular flexibility index (Phi) is 6.05. The number of phenolic OH excluding ortho intramolecular Hbond substituents is 1. The highest BCUT2D eigenvalue weighted by atomic mass is 32.2. The molecule has 3 N–H and O–H groups in total. The highest BCUT2D eigenvalue weighted by molar-refractivity contribution is 8.15. The summed E-state index contributed by atoms with van der Waals surface area (Å²) >= 11 is 1.12. The minimum Gasteiger partial charge on any atom is -0.508 e. The number of halogens is 1. The Morgan fingerprint density at radius 2 is 1.89 bits per heavy atom. The molecule has 0 saturated carbocycles. The number of nitrogens with zero attached hydrogens (tertiary/aromatic N) is 2. The number of amidine groups is 1. The molecule has 9 heteroatoms. The van der Waals surface area contributed by atoms with Crippen LogP contribution in [0, 0.1) is 5.82 Å². The predicted octanol–water partition coefficient (Wildman–Crippen LogP) is 2.87. The third kappa shape index (κ3) is 5.17. The highest BCUT2D eigenvalue weighted by Crippen LogP contribution is 2.23. The lowest BCUT2D eigenvalue weighted by atomic mass is 10.1. The second kappa shape index (κ2) is 8.66. The topological polar surface area (TPSA) is 103 Å². The van der Waals surface area contributed by atoms with E-state index < -0.39 is 11.1 Å². The Morgan fingerprint density at radius 1 is 1.21 bits per heavy atom. The van der Waals surface area contributed by atoms with Gasteiger partial charge in [0.15, 0.2) is 5.17 Å². The van der Waals surface area contributed by atoms with Gasteiger partial charge in [-0.05, 0) is 61.0 Å². The zero-order valence-corrected chi connectivity index (χ0v) is 15.7. The van der Waals surface area contributed by atoms with Crippen molar-refractivity contribution in [3.05, 3.63) is 59.9 Å². The van der Waals surface area contributed by atoms with E-state index in [0.717, 1.165) is 17.3 Å². The Hall–Kier alpha value is -3.20. The van der Waals surface area contributed by atoms with Gasteiger partial charge in [-0.1, -0.05) is 11.8 Å². The van der Waals surface area contributed by atoms with Crippen molar-refractivity contribution in [1.29, 1.82) is 0 Å². The van der Waals surface area contributed by atoms with Gasteiger partial charge >= 0.3 is 0 Å². The monoisotopic (exact) mass is 400 g/mol. The van der Waals surface area contributed by atoms with Gasteiger partial charge in [-0.15, -0.1) is 5.10 Å². The molecule has 2 aromatic carbocycles. The SMILES string of the molecule is CC(=N/N=C1\NC(=O)C(CC(=O)Nc2ccc(F)cc2)S1)c1ccc(O)cc1. The lowest BCUT2D eigenvalue weighted by Gasteiger charge is -2.07. The molecule has 2 aromatic rings. The fraction of sp³-hybridized carbons (Fsp3) is 0.158. The Morgan fingerprint density at radius 3 is 2.57 bits per heavy atom. The van der Waals surface area contributed by atoms with E-state index >= 15 is 0 Å². The first-order valence-corrected chi connectivity index (χ1v) is 9.23. The van der Waals surface area contributed by atoms with Crippen LogP contribution in [0.5, 0.6) is 5.75 Å². The van der Waals surface area contributed by atoms with Crippen LogP contribution in [0.4, 0.5) is 10.1 Å². The second-order valence-electron chi connectivity index (χ2n) is 5.99. The van der Waals surface area contributed by atoms with Crippen molar-refractivity contribution in [2.45, 2.75) is 18.6 Å². The normalized spacial score (nSPS) is 18.2. The van der Waals surface area contributed by atoms with Crippen LogP contribution in [0.1, 0.15) is 18.9 Å². The summed E-state index contributed by atoms with van der Waals surface area (Å²) in [4.78, 5) is 24.1. The van der Waals surface area contributed by atoms with E-state index in [4.69, 9.17) is 0 Å². The summed E-state index contributed by atoms with van der Waals surface area (Å²) in [6.45, 7) is 1.76. The molecule has 0 spiro atoms. The summed E-state index contributed by atoms with van der Waals surface area (Å²) in [5, 5.41) is 22.3. The van der Waals surface area contributed by atoms with E-state index in [-0.39, 0.29) is 24.0 Å². The van der Waals surface area contributed by atoms with E-state index in [1.807, 2.05) is 0 Å². The van der Waals surface area contributed by atoms with Crippen LogP contribution in [-0.2, 0) is 9.59 Å². The van der Waals surface area contributed by atoms with Crippen molar-refractivity contribution in [3.63, 3.8) is 0 Å². The zero-order valence-electron chi connectivity index (χ0n) is 14.8. The molecule has 3 rings (SSSR count). The molecule has 144 valence electrons. The Labute approximate surface area is 164 Å². The number of aromatic hydroxyl groups is 1. The first-order valence-electron chi connectivity index (χ1n) is 8.35. The summed E-state index contributed by atoms with van der Waals surface area (Å²) in [7, 11) is 0. The molecule has 0 bridgehead atoms. The number of carbonyl (C=O) groups excluding carboxylic acids is 2. The van der Waals surface area contributed by atoms with Crippen LogP contribution >= 0.6 is 11.8 Å². The number of phenols is 1. The average Bonchev–Trinajstić information content (AvgIpc) is 3.01. The third-order valence-electron chi connectivity index (χ3n) is 3.85. The first-order chi connectivity index (χ1) is 13.4. The number of benzene rings is 2. The first kappa shape index (κ1) is 19.6. The number of hydrogen-bond acceptors (Lipinski definition) is 6. The number of hydrogen-bond donors (Lipinski definition) is 3. The minimum absolute atomic E-state index is 0.0481. The van der Waals surface area contributed by atoms with E-state index in [9.17, 15) is 19.1 Å². The number of carbonyl (C=O) groups is 2. The summed E-state index contributed by atoms with van der Waals surface area (Å²) in [6, 6.07) is 11.9. The standard InChI is InChI=1S/C19H17FN4O3S/c1-11(12-2-8-15(25)9-3-12)23-24-19-22-18(27)16(28-19)10-17(26)21-14-6-4-13(20)5-7-14/h2-9,16,25H,10H2,1H3,(H,21,26)(H,22,24,27). The summed E-state index contributed by atoms with van der Waals surface area (Å²) in [5.41, 5.74) is 1.85. The van der Waals surface area contributed by atoms with Crippen LogP contribution in [0.25, 0.3) is 0 Å². The molecule has 2 amide bonds. The molecule has 0 radical (unpaired) electrons. The maximum absolute atomic E-state index is 12.9. The van der Waals surface area contributed by atoms with Crippen molar-refractivity contribution >= 4 is 40.1 Å². The van der Waals surface area contributed by atoms with Crippen LogP contribution in [0.2, 0.25) is 0 Å². The van der Waals surface area contributed by atoms with Crippen molar-refractivity contribution in [2.24, 2.45) is 10.2 Å². The van der Waals surface area contributed by atoms with Gasteiger partial charge in [-0.25, -0.2) is 4.39 Å². The molecule has 7 nitrogen and oxygen atoms in total. The van der Waals surface area contributed by atoms with Crippen LogP contribution in [0.15, 0.2) is 58.7 Å². The van der Waals surface area contributed by atoms with E-state index in [1.54, 1.807) is 31.2 Å². The van der Waals surface area contributed by atoms with Gasteiger partial charge in [0, 0.05) is 12.1 Å². The Bertz CT molecular complexity index is 943. The van der Waals surface area contributed by atoms with Crippen molar-refractivity contribution in [2.75, 3.05) is 5.32 Å². The molecule has 1 unspecified atom stereocenters. The van der Waals surface area contributed by atoms with E-state index in [2.05, 4.69) is 20.8 Å². The lowest BCUT2D eigenvalue weighted by molar-refractivity contribution is -0.122. The number of amides is 2. The van der Waals surface area contributed by atoms with Gasteiger partial charge in [0.2, 0.25) is 11.8 Å². The molecule has 0 aliphatic carbocycles. The fourth-order valence-corrected chi connectivity index (χ4v) is 3.30. The number of thioether (sulfide) groups is 1. The molecule has 1 saturated heterocycles. The molecule has 1 heterocycles. The van der Waals surface area contributed by atoms with Gasteiger partial charge in [0.25, 0.3) is 0 Å². The third-order valence-corrected chi connectivity index (χ3v) is 4.92. The van der Waals surface area contributed by atoms with E-state index in [1.165, 1.54) is 24.3 Å². The molecule has 0 aromatic heterocycles. The summed E-state index contributed by atoms with van der Waals surface area (Å²) in [5.74, 6) is -0.921. The maximum Gasteiger partial charge on any atom is 0.240 e. The predicted molar refractivity (Wildman–Crippen MR) is 107 cm³/mol. The van der Waals surface area contributed by atoms with Gasteiger partial charge in [-0.3, -0.25) is 9.59 Å². The molecule has 1 aliphatic heterocycles. The van der Waals surface area contributed by atoms with Gasteiger partial charge in [-0.2, -0.15) is 5.10 Å². The minimum atomic E-state index is -0.622. The van der Waals surface area contributed by atoms with Crippen molar-refractivity contribution < 1.29 is 19.1 Å². The van der Waals surface area contributed by atoms with Gasteiger partial charge < -0.3 is 15.7 Å². The molecule has 1 aliphatic rings. The summed E-state index contributed by atoms with van der Waals surface area (Å²) in [6.07, 6.45) is -0.0481. The zero-order chi connectivity index (χ0) is 20.1. The average molecular weight is 400 g/mol. The number of nitrogens with one attached hydrogen (secondary N) is 2.